The third-order valence-electron chi connectivity index (χ3n) is 6.85. The van der Waals surface area contributed by atoms with E-state index in [1.165, 1.54) is 12.3 Å². The zero-order chi connectivity index (χ0) is 24.7. The molecule has 1 aromatic carbocycles. The lowest BCUT2D eigenvalue weighted by molar-refractivity contribution is 0.204. The molecule has 184 valence electrons. The fourth-order valence-electron chi connectivity index (χ4n) is 5.10. The molecule has 1 fully saturated rings. The van der Waals surface area contributed by atoms with Crippen molar-refractivity contribution >= 4 is 17.2 Å². The number of aromatic nitrogens is 3. The lowest BCUT2D eigenvalue weighted by Crippen LogP contribution is -2.43. The van der Waals surface area contributed by atoms with Crippen LogP contribution in [0.3, 0.4) is 0 Å². The normalized spacial score (nSPS) is 20.5. The van der Waals surface area contributed by atoms with E-state index >= 15 is 0 Å². The summed E-state index contributed by atoms with van der Waals surface area (Å²) in [5.74, 6) is -1.25. The Morgan fingerprint density at radius 3 is 2.69 bits per heavy atom. The van der Waals surface area contributed by atoms with Gasteiger partial charge in [0.15, 0.2) is 6.23 Å². The van der Waals surface area contributed by atoms with E-state index in [1.54, 1.807) is 6.20 Å². The van der Waals surface area contributed by atoms with Crippen LogP contribution in [0.25, 0.3) is 11.3 Å². The average molecular weight is 482 g/mol. The van der Waals surface area contributed by atoms with Gasteiger partial charge in [-0.2, -0.15) is 0 Å². The molecule has 2 aromatic heterocycles. The zero-order valence-electron chi connectivity index (χ0n) is 19.5. The van der Waals surface area contributed by atoms with Crippen LogP contribution in [0, 0.1) is 11.6 Å². The maximum atomic E-state index is 14.3. The highest BCUT2D eigenvalue weighted by Gasteiger charge is 2.30. The van der Waals surface area contributed by atoms with Gasteiger partial charge in [0, 0.05) is 24.8 Å². The maximum Gasteiger partial charge on any atom is 0.171 e. The Morgan fingerprint density at radius 1 is 1.17 bits per heavy atom. The molecule has 3 heterocycles. The number of nitrogens with zero attached hydrogens (tertiary/aromatic N) is 4. The van der Waals surface area contributed by atoms with Crippen molar-refractivity contribution in [1.29, 1.82) is 0 Å². The van der Waals surface area contributed by atoms with Gasteiger partial charge in [-0.05, 0) is 49.3 Å². The summed E-state index contributed by atoms with van der Waals surface area (Å²) in [6, 6.07) is 3.61. The molecule has 0 bridgehead atoms. The van der Waals surface area contributed by atoms with Crippen molar-refractivity contribution in [3.05, 3.63) is 59.2 Å². The number of rotatable bonds is 5. The molecule has 8 nitrogen and oxygen atoms in total. The number of anilines is 3. The Balaban J connectivity index is 1.51. The highest BCUT2D eigenvalue weighted by molar-refractivity contribution is 5.75. The monoisotopic (exact) mass is 481 g/mol. The molecule has 3 aromatic rings. The summed E-state index contributed by atoms with van der Waals surface area (Å²) < 4.78 is 28.6. The number of hydrogen-bond acceptors (Lipinski definition) is 8. The van der Waals surface area contributed by atoms with Gasteiger partial charge in [0.2, 0.25) is 0 Å². The Morgan fingerprint density at radius 2 is 1.94 bits per heavy atom. The molecule has 3 unspecified atom stereocenters. The van der Waals surface area contributed by atoms with Crippen LogP contribution in [0.1, 0.15) is 55.3 Å². The van der Waals surface area contributed by atoms with Crippen molar-refractivity contribution in [2.45, 2.75) is 50.8 Å². The third kappa shape index (κ3) is 4.39. The van der Waals surface area contributed by atoms with E-state index in [-0.39, 0.29) is 28.8 Å². The minimum absolute atomic E-state index is 0.0275. The van der Waals surface area contributed by atoms with Gasteiger partial charge in [-0.1, -0.05) is 13.0 Å². The number of pyridine rings is 1. The number of aliphatic hydroxyl groups is 1. The average Bonchev–Trinajstić information content (AvgIpc) is 3.20. The molecule has 35 heavy (non-hydrogen) atoms. The first-order valence-corrected chi connectivity index (χ1v) is 11.9. The lowest BCUT2D eigenvalue weighted by Gasteiger charge is -2.35. The number of benzene rings is 1. The smallest absolute Gasteiger partial charge is 0.171 e. The quantitative estimate of drug-likeness (QED) is 0.408. The van der Waals surface area contributed by atoms with Crippen LogP contribution in [0.4, 0.5) is 26.0 Å². The predicted octanol–water partition coefficient (Wildman–Crippen LogP) is 3.48. The molecule has 0 spiro atoms. The number of fused-ring (bicyclic) bond motifs is 1. The van der Waals surface area contributed by atoms with E-state index in [0.717, 1.165) is 61.3 Å². The van der Waals surface area contributed by atoms with Crippen molar-refractivity contribution in [2.24, 2.45) is 5.73 Å². The van der Waals surface area contributed by atoms with E-state index in [0.29, 0.717) is 18.2 Å². The summed E-state index contributed by atoms with van der Waals surface area (Å²) in [7, 11) is 0. The van der Waals surface area contributed by atoms with Crippen molar-refractivity contribution in [3.8, 4) is 11.3 Å². The van der Waals surface area contributed by atoms with Gasteiger partial charge in [-0.3, -0.25) is 4.98 Å². The van der Waals surface area contributed by atoms with Gasteiger partial charge in [-0.25, -0.2) is 18.7 Å². The second-order valence-electron chi connectivity index (χ2n) is 9.34. The van der Waals surface area contributed by atoms with Crippen molar-refractivity contribution in [3.63, 3.8) is 0 Å². The van der Waals surface area contributed by atoms with Crippen LogP contribution < -0.4 is 21.7 Å². The zero-order valence-corrected chi connectivity index (χ0v) is 19.5. The largest absolute Gasteiger partial charge is 0.382 e. The van der Waals surface area contributed by atoms with Crippen LogP contribution >= 0.6 is 0 Å². The van der Waals surface area contributed by atoms with Gasteiger partial charge in [0.25, 0.3) is 0 Å². The molecule has 2 aliphatic rings. The number of nitrogen functional groups attached to an aromatic ring is 1. The van der Waals surface area contributed by atoms with E-state index in [1.807, 2.05) is 0 Å². The molecule has 10 heteroatoms. The first-order valence-electron chi connectivity index (χ1n) is 11.9. The van der Waals surface area contributed by atoms with Crippen molar-refractivity contribution < 1.29 is 13.9 Å². The SMILES string of the molecule is CC1CCc2c1ncc(NC(O)c1nc(-c3c(F)cccc3F)cnc1N)c2N1CCCC(N)C1. The van der Waals surface area contributed by atoms with E-state index in [9.17, 15) is 13.9 Å². The molecule has 1 saturated heterocycles. The standard InChI is InChI=1S/C25H29F2N7O/c1-13-7-8-15-21(13)30-11-19(23(15)34-9-3-4-14(28)12-34)33-25(35)22-24(29)31-10-18(32-22)20-16(26)5-2-6-17(20)27/h2,5-6,10-11,13-14,25,33,35H,3-4,7-9,12,28H2,1H3,(H2,29,31). The summed E-state index contributed by atoms with van der Waals surface area (Å²) in [6.07, 6.45) is 5.36. The number of nitrogens with two attached hydrogens (primary N) is 2. The Bertz CT molecular complexity index is 1230. The maximum absolute atomic E-state index is 14.3. The Kier molecular flexibility index (Phi) is 6.24. The van der Waals surface area contributed by atoms with E-state index < -0.39 is 17.9 Å². The second-order valence-corrected chi connectivity index (χ2v) is 9.34. The fourth-order valence-corrected chi connectivity index (χ4v) is 5.10. The summed E-state index contributed by atoms with van der Waals surface area (Å²) >= 11 is 0. The van der Waals surface area contributed by atoms with Crippen LogP contribution in [0.5, 0.6) is 0 Å². The number of halogens is 2. The van der Waals surface area contributed by atoms with Gasteiger partial charge in [-0.15, -0.1) is 0 Å². The fraction of sp³-hybridized carbons (Fsp3) is 0.400. The van der Waals surface area contributed by atoms with Crippen LogP contribution in [0.2, 0.25) is 0 Å². The van der Waals surface area contributed by atoms with Gasteiger partial charge < -0.3 is 26.8 Å². The molecule has 0 amide bonds. The molecule has 1 aliphatic heterocycles. The molecule has 6 N–H and O–H groups in total. The molecular weight excluding hydrogens is 452 g/mol. The Labute approximate surface area is 202 Å². The summed E-state index contributed by atoms with van der Waals surface area (Å²) in [5, 5.41) is 14.2. The van der Waals surface area contributed by atoms with Gasteiger partial charge >= 0.3 is 0 Å². The highest BCUT2D eigenvalue weighted by Crippen LogP contribution is 2.42. The van der Waals surface area contributed by atoms with Crippen LogP contribution in [-0.4, -0.2) is 39.2 Å². The molecule has 5 rings (SSSR count). The number of nitrogens with one attached hydrogen (secondary N) is 1. The van der Waals surface area contributed by atoms with Gasteiger partial charge in [0.1, 0.15) is 23.1 Å². The first-order chi connectivity index (χ1) is 16.8. The molecule has 1 aliphatic carbocycles. The number of aliphatic hydroxyl groups excluding tert-OH is 1. The number of piperidine rings is 1. The first kappa shape index (κ1) is 23.4. The summed E-state index contributed by atoms with van der Waals surface area (Å²) in [6.45, 7) is 3.73. The van der Waals surface area contributed by atoms with E-state index in [4.69, 9.17) is 11.5 Å². The van der Waals surface area contributed by atoms with Crippen molar-refractivity contribution in [2.75, 3.05) is 29.0 Å². The molecule has 0 saturated carbocycles. The number of hydrogen-bond donors (Lipinski definition) is 4. The minimum Gasteiger partial charge on any atom is -0.382 e. The Hall–Kier alpha value is -3.37. The summed E-state index contributed by atoms with van der Waals surface area (Å²) in [4.78, 5) is 15.2. The lowest BCUT2D eigenvalue weighted by atomic mass is 10.0. The van der Waals surface area contributed by atoms with Gasteiger partial charge in [0.05, 0.1) is 35.0 Å². The van der Waals surface area contributed by atoms with Crippen LogP contribution in [-0.2, 0) is 6.42 Å². The van der Waals surface area contributed by atoms with Crippen molar-refractivity contribution in [1.82, 2.24) is 15.0 Å². The summed E-state index contributed by atoms with van der Waals surface area (Å²) in [5.41, 5.74) is 15.7. The topological polar surface area (TPSA) is 126 Å². The van der Waals surface area contributed by atoms with Crippen LogP contribution in [0.15, 0.2) is 30.6 Å². The third-order valence-corrected chi connectivity index (χ3v) is 6.85. The minimum atomic E-state index is -1.38. The molecule has 3 atom stereocenters. The molecular formula is C25H29F2N7O. The molecule has 0 radical (unpaired) electrons. The predicted molar refractivity (Wildman–Crippen MR) is 131 cm³/mol. The highest BCUT2D eigenvalue weighted by atomic mass is 19.1. The second kappa shape index (κ2) is 9.35. The van der Waals surface area contributed by atoms with E-state index in [2.05, 4.69) is 32.1 Å².